The molecule has 2 rings (SSSR count). The fourth-order valence-electron chi connectivity index (χ4n) is 2.31. The zero-order valence-corrected chi connectivity index (χ0v) is 10.6. The minimum atomic E-state index is 0.505. The molecule has 2 nitrogen and oxygen atoms in total. The van der Waals surface area contributed by atoms with Crippen molar-refractivity contribution in [1.82, 2.24) is 5.32 Å². The summed E-state index contributed by atoms with van der Waals surface area (Å²) in [6.45, 7) is 1.15. The first kappa shape index (κ1) is 10.9. The van der Waals surface area contributed by atoms with Crippen LogP contribution in [0.4, 0.5) is 5.69 Å². The summed E-state index contributed by atoms with van der Waals surface area (Å²) in [5.41, 5.74) is 2.81. The van der Waals surface area contributed by atoms with Crippen LogP contribution in [0, 0.1) is 0 Å². The first-order valence-electron chi connectivity index (χ1n) is 5.50. The third-order valence-electron chi connectivity index (χ3n) is 3.17. The minimum Gasteiger partial charge on any atom is -0.374 e. The second kappa shape index (κ2) is 4.51. The average molecular weight is 222 g/mol. The number of benzene rings is 1. The number of hydrogen-bond acceptors (Lipinski definition) is 2. The van der Waals surface area contributed by atoms with Crippen molar-refractivity contribution in [3.05, 3.63) is 23.8 Å². The molecule has 1 heterocycles. The third kappa shape index (κ3) is 2.16. The van der Waals surface area contributed by atoms with Gasteiger partial charge in [-0.1, -0.05) is 6.07 Å². The molecule has 1 N–H and O–H groups in total. The summed E-state index contributed by atoms with van der Waals surface area (Å²) >= 11 is 0. The maximum absolute atomic E-state index is 3.41. The molecular formula is C12H19N2P. The summed E-state index contributed by atoms with van der Waals surface area (Å²) < 4.78 is 0. The van der Waals surface area contributed by atoms with Crippen LogP contribution in [0.25, 0.3) is 0 Å². The molecule has 0 radical (unpaired) electrons. The lowest BCUT2D eigenvalue weighted by Crippen LogP contribution is -2.19. The molecule has 2 atom stereocenters. The Kier molecular flexibility index (Phi) is 3.28. The molecule has 82 valence electrons. The highest BCUT2D eigenvalue weighted by atomic mass is 31.0. The Hall–Kier alpha value is -0.590. The van der Waals surface area contributed by atoms with Crippen LogP contribution in [0.5, 0.6) is 0 Å². The van der Waals surface area contributed by atoms with Gasteiger partial charge in [0.25, 0.3) is 0 Å². The van der Waals surface area contributed by atoms with E-state index in [4.69, 9.17) is 0 Å². The van der Waals surface area contributed by atoms with Crippen molar-refractivity contribution < 1.29 is 0 Å². The van der Waals surface area contributed by atoms with Gasteiger partial charge in [0.1, 0.15) is 0 Å². The molecule has 0 spiro atoms. The van der Waals surface area contributed by atoms with Gasteiger partial charge in [-0.3, -0.25) is 0 Å². The van der Waals surface area contributed by atoms with E-state index in [1.54, 1.807) is 0 Å². The van der Waals surface area contributed by atoms with E-state index < -0.39 is 0 Å². The quantitative estimate of drug-likeness (QED) is 0.727. The maximum atomic E-state index is 3.41. The molecular weight excluding hydrogens is 203 g/mol. The molecule has 1 aliphatic rings. The van der Waals surface area contributed by atoms with Gasteiger partial charge in [0.15, 0.2) is 0 Å². The predicted octanol–water partition coefficient (Wildman–Crippen LogP) is 1.68. The number of nitrogens with zero attached hydrogens (tertiary/aromatic N) is 1. The van der Waals surface area contributed by atoms with Crippen molar-refractivity contribution in [3.63, 3.8) is 0 Å². The topological polar surface area (TPSA) is 15.3 Å². The van der Waals surface area contributed by atoms with E-state index in [9.17, 15) is 0 Å². The van der Waals surface area contributed by atoms with Gasteiger partial charge in [0.2, 0.25) is 0 Å². The second-order valence-corrected chi connectivity index (χ2v) is 4.89. The van der Waals surface area contributed by atoms with E-state index in [1.165, 1.54) is 29.4 Å². The van der Waals surface area contributed by atoms with E-state index >= 15 is 0 Å². The lowest BCUT2D eigenvalue weighted by Gasteiger charge is -2.21. The van der Waals surface area contributed by atoms with Crippen LogP contribution < -0.4 is 15.5 Å². The summed E-state index contributed by atoms with van der Waals surface area (Å²) in [6.07, 6.45) is 2.48. The highest BCUT2D eigenvalue weighted by Crippen LogP contribution is 2.31. The Bertz CT molecular complexity index is 351. The summed E-state index contributed by atoms with van der Waals surface area (Å²) in [7, 11) is 7.01. The average Bonchev–Trinajstić information content (AvgIpc) is 2.38. The van der Waals surface area contributed by atoms with Gasteiger partial charge in [-0.15, -0.1) is 9.24 Å². The van der Waals surface area contributed by atoms with E-state index in [-0.39, 0.29) is 0 Å². The normalized spacial score (nSPS) is 21.0. The zero-order valence-electron chi connectivity index (χ0n) is 9.46. The number of nitrogens with one attached hydrogen (secondary N) is 1. The molecule has 0 amide bonds. The van der Waals surface area contributed by atoms with Crippen molar-refractivity contribution in [3.8, 4) is 0 Å². The molecule has 0 aromatic heterocycles. The number of rotatable bonds is 1. The standard InChI is InChI=1S/C12H19N2P/c1-13-11-4-3-7-14(2)12-6-5-9(15)8-10(11)12/h5-6,8,11,13H,3-4,7,15H2,1-2H3. The van der Waals surface area contributed by atoms with E-state index in [0.717, 1.165) is 6.54 Å². The van der Waals surface area contributed by atoms with Gasteiger partial charge in [0, 0.05) is 25.3 Å². The van der Waals surface area contributed by atoms with Crippen molar-refractivity contribution in [2.75, 3.05) is 25.5 Å². The van der Waals surface area contributed by atoms with Crippen LogP contribution in [0.3, 0.4) is 0 Å². The first-order valence-corrected chi connectivity index (χ1v) is 6.08. The molecule has 0 saturated heterocycles. The van der Waals surface area contributed by atoms with Crippen LogP contribution in [-0.2, 0) is 0 Å². The lowest BCUT2D eigenvalue weighted by molar-refractivity contribution is 0.543. The summed E-state index contributed by atoms with van der Waals surface area (Å²) in [5.74, 6) is 0. The molecule has 1 aromatic rings. The van der Waals surface area contributed by atoms with Gasteiger partial charge in [-0.2, -0.15) is 0 Å². The lowest BCUT2D eigenvalue weighted by atomic mass is 10.0. The van der Waals surface area contributed by atoms with E-state index in [0.29, 0.717) is 6.04 Å². The molecule has 1 aliphatic heterocycles. The Morgan fingerprint density at radius 1 is 1.47 bits per heavy atom. The number of anilines is 1. The van der Waals surface area contributed by atoms with Crippen LogP contribution in [0.15, 0.2) is 18.2 Å². The third-order valence-corrected chi connectivity index (χ3v) is 3.53. The summed E-state index contributed by atoms with van der Waals surface area (Å²) in [5, 5.41) is 4.68. The Labute approximate surface area is 94.3 Å². The highest BCUT2D eigenvalue weighted by Gasteiger charge is 2.19. The van der Waals surface area contributed by atoms with Crippen molar-refractivity contribution in [2.45, 2.75) is 18.9 Å². The van der Waals surface area contributed by atoms with Crippen molar-refractivity contribution in [2.24, 2.45) is 0 Å². The first-order chi connectivity index (χ1) is 7.22. The second-order valence-electron chi connectivity index (χ2n) is 4.22. The van der Waals surface area contributed by atoms with Gasteiger partial charge >= 0.3 is 0 Å². The van der Waals surface area contributed by atoms with Gasteiger partial charge in [0.05, 0.1) is 0 Å². The van der Waals surface area contributed by atoms with E-state index in [1.807, 2.05) is 0 Å². The van der Waals surface area contributed by atoms with Crippen LogP contribution >= 0.6 is 9.24 Å². The number of hydrogen-bond donors (Lipinski definition) is 1. The van der Waals surface area contributed by atoms with Gasteiger partial charge in [-0.05, 0) is 42.9 Å². The van der Waals surface area contributed by atoms with Crippen molar-refractivity contribution in [1.29, 1.82) is 0 Å². The predicted molar refractivity (Wildman–Crippen MR) is 70.1 cm³/mol. The Morgan fingerprint density at radius 2 is 2.27 bits per heavy atom. The fraction of sp³-hybridized carbons (Fsp3) is 0.500. The van der Waals surface area contributed by atoms with E-state index in [2.05, 4.69) is 51.8 Å². The molecule has 15 heavy (non-hydrogen) atoms. The Balaban J connectivity index is 2.46. The molecule has 0 bridgehead atoms. The SMILES string of the molecule is CNC1CCCN(C)c2ccc(P)cc21. The molecule has 1 aromatic carbocycles. The minimum absolute atomic E-state index is 0.505. The summed E-state index contributed by atoms with van der Waals surface area (Å²) in [6, 6.07) is 7.18. The highest BCUT2D eigenvalue weighted by molar-refractivity contribution is 7.27. The smallest absolute Gasteiger partial charge is 0.0412 e. The zero-order chi connectivity index (χ0) is 10.8. The Morgan fingerprint density at radius 3 is 3.00 bits per heavy atom. The molecule has 3 heteroatoms. The molecule has 0 saturated carbocycles. The molecule has 0 fully saturated rings. The fourth-order valence-corrected chi connectivity index (χ4v) is 2.58. The summed E-state index contributed by atoms with van der Waals surface area (Å²) in [4.78, 5) is 2.36. The van der Waals surface area contributed by atoms with Gasteiger partial charge < -0.3 is 10.2 Å². The largest absolute Gasteiger partial charge is 0.374 e. The monoisotopic (exact) mass is 222 g/mol. The van der Waals surface area contributed by atoms with Crippen LogP contribution in [0.2, 0.25) is 0 Å². The van der Waals surface area contributed by atoms with Gasteiger partial charge in [-0.25, -0.2) is 0 Å². The van der Waals surface area contributed by atoms with Crippen molar-refractivity contribution >= 4 is 20.2 Å². The molecule has 2 unspecified atom stereocenters. The van der Waals surface area contributed by atoms with Crippen LogP contribution in [-0.4, -0.2) is 20.6 Å². The number of fused-ring (bicyclic) bond motifs is 1. The molecule has 0 aliphatic carbocycles. The van der Waals surface area contributed by atoms with Crippen LogP contribution in [0.1, 0.15) is 24.4 Å². The maximum Gasteiger partial charge on any atom is 0.0412 e.